The van der Waals surface area contributed by atoms with Gasteiger partial charge in [-0.3, -0.25) is 9.69 Å². The molecule has 5 rings (SSSR count). The highest BCUT2D eigenvalue weighted by Crippen LogP contribution is 2.44. The number of benzene rings is 1. The van der Waals surface area contributed by atoms with Crippen LogP contribution in [0.3, 0.4) is 0 Å². The van der Waals surface area contributed by atoms with E-state index >= 15 is 0 Å². The molecule has 9 heteroatoms. The van der Waals surface area contributed by atoms with Gasteiger partial charge in [0.25, 0.3) is 5.91 Å². The van der Waals surface area contributed by atoms with Gasteiger partial charge in [0.05, 0.1) is 23.4 Å². The number of carboxylic acids is 1. The average Bonchev–Trinajstić information content (AvgIpc) is 3.42. The summed E-state index contributed by atoms with van der Waals surface area (Å²) in [7, 11) is 0. The summed E-state index contributed by atoms with van der Waals surface area (Å²) >= 11 is 1.27. The fourth-order valence-corrected chi connectivity index (χ4v) is 4.67. The van der Waals surface area contributed by atoms with E-state index in [1.54, 1.807) is 17.0 Å². The summed E-state index contributed by atoms with van der Waals surface area (Å²) < 4.78 is 3.79. The predicted molar refractivity (Wildman–Crippen MR) is 111 cm³/mol. The Kier molecular flexibility index (Phi) is 4.87. The second-order valence-corrected chi connectivity index (χ2v) is 8.11. The van der Waals surface area contributed by atoms with Crippen LogP contribution in [0.4, 0.5) is 0 Å². The van der Waals surface area contributed by atoms with Crippen molar-refractivity contribution in [1.82, 2.24) is 19.9 Å². The first kappa shape index (κ1) is 19.3. The van der Waals surface area contributed by atoms with E-state index in [4.69, 9.17) is 0 Å². The van der Waals surface area contributed by atoms with Gasteiger partial charge >= 0.3 is 0 Å². The third kappa shape index (κ3) is 3.64. The van der Waals surface area contributed by atoms with Crippen molar-refractivity contribution in [3.63, 3.8) is 0 Å². The number of carboxylic acid groups (broad SMARTS) is 1. The molecule has 8 nitrogen and oxygen atoms in total. The SMILES string of the molecule is O=C([O-])C1=CS[C@@H]2/C(=C\c3cn(CC[n+]4ccc(-c5ccccc5)cc4)nn3)C(=O)N12. The molecule has 2 aliphatic heterocycles. The highest BCUT2D eigenvalue weighted by Gasteiger charge is 2.47. The van der Waals surface area contributed by atoms with Crippen LogP contribution in [0.2, 0.25) is 0 Å². The molecular formula is C22H17N5O3S. The number of nitrogens with zero attached hydrogens (tertiary/aromatic N) is 5. The monoisotopic (exact) mass is 431 g/mol. The topological polar surface area (TPSA) is 95.0 Å². The van der Waals surface area contributed by atoms with Gasteiger partial charge in [-0.1, -0.05) is 35.5 Å². The number of β-lactam (4-membered cyclic amide) rings is 1. The van der Waals surface area contributed by atoms with E-state index in [0.717, 1.165) is 12.1 Å². The van der Waals surface area contributed by atoms with Gasteiger partial charge in [-0.15, -0.1) is 16.9 Å². The Hall–Kier alpha value is -3.72. The van der Waals surface area contributed by atoms with E-state index in [-0.39, 0.29) is 17.0 Å². The summed E-state index contributed by atoms with van der Waals surface area (Å²) in [6, 6.07) is 14.4. The Balaban J connectivity index is 1.21. The van der Waals surface area contributed by atoms with Crippen LogP contribution < -0.4 is 9.67 Å². The van der Waals surface area contributed by atoms with Gasteiger partial charge in [0, 0.05) is 12.1 Å². The Morgan fingerprint density at radius 3 is 2.65 bits per heavy atom. The molecule has 3 aromatic rings. The number of hydrogen-bond acceptors (Lipinski definition) is 6. The van der Waals surface area contributed by atoms with Crippen LogP contribution in [0, 0.1) is 0 Å². The second-order valence-electron chi connectivity index (χ2n) is 7.15. The molecule has 4 heterocycles. The highest BCUT2D eigenvalue weighted by atomic mass is 32.2. The number of pyridine rings is 1. The van der Waals surface area contributed by atoms with Gasteiger partial charge in [-0.2, -0.15) is 0 Å². The number of aryl methyl sites for hydroxylation is 2. The van der Waals surface area contributed by atoms with Crippen molar-refractivity contribution in [3.05, 3.63) is 83.4 Å². The van der Waals surface area contributed by atoms with Gasteiger partial charge in [-0.05, 0) is 22.6 Å². The van der Waals surface area contributed by atoms with Crippen molar-refractivity contribution in [2.24, 2.45) is 0 Å². The number of carbonyl (C=O) groups excluding carboxylic acids is 2. The summed E-state index contributed by atoms with van der Waals surface area (Å²) in [5.41, 5.74) is 3.32. The Morgan fingerprint density at radius 2 is 1.90 bits per heavy atom. The second kappa shape index (κ2) is 7.84. The molecule has 154 valence electrons. The number of hydrogen-bond donors (Lipinski definition) is 0. The summed E-state index contributed by atoms with van der Waals surface area (Å²) in [5, 5.41) is 20.4. The van der Waals surface area contributed by atoms with Crippen LogP contribution in [0.1, 0.15) is 5.69 Å². The fraction of sp³-hybridized carbons (Fsp3) is 0.136. The molecule has 2 aliphatic rings. The summed E-state index contributed by atoms with van der Waals surface area (Å²) in [6.45, 7) is 1.35. The summed E-state index contributed by atoms with van der Waals surface area (Å²) in [6.07, 6.45) is 7.49. The third-order valence-corrected chi connectivity index (χ3v) is 6.27. The van der Waals surface area contributed by atoms with Crippen LogP contribution in [0.5, 0.6) is 0 Å². The van der Waals surface area contributed by atoms with E-state index in [9.17, 15) is 14.7 Å². The standard InChI is InChI=1S/C22H17N5O3S/c28-20-18(21-27(20)19(14-31-21)22(29)30)12-17-13-26(24-23-17)11-10-25-8-6-16(7-9-25)15-4-2-1-3-5-15/h1-9,12-14,21H,10-11H2/b18-12-/t21-/m1/s1. The maximum atomic E-state index is 12.3. The molecule has 0 bridgehead atoms. The van der Waals surface area contributed by atoms with Gasteiger partial charge in [-0.25, -0.2) is 9.25 Å². The third-order valence-electron chi connectivity index (χ3n) is 5.19. The molecule has 0 N–H and O–H groups in total. The van der Waals surface area contributed by atoms with Crippen molar-refractivity contribution in [3.8, 4) is 11.1 Å². The zero-order chi connectivity index (χ0) is 21.4. The largest absolute Gasteiger partial charge is 0.543 e. The quantitative estimate of drug-likeness (QED) is 0.326. The van der Waals surface area contributed by atoms with Crippen molar-refractivity contribution in [2.75, 3.05) is 0 Å². The van der Waals surface area contributed by atoms with Gasteiger partial charge in [0.15, 0.2) is 18.9 Å². The molecular weight excluding hydrogens is 414 g/mol. The zero-order valence-corrected chi connectivity index (χ0v) is 17.1. The number of amides is 1. The van der Waals surface area contributed by atoms with Crippen LogP contribution >= 0.6 is 11.8 Å². The van der Waals surface area contributed by atoms with Crippen molar-refractivity contribution >= 4 is 29.7 Å². The molecule has 0 spiro atoms. The van der Waals surface area contributed by atoms with Crippen LogP contribution in [0.25, 0.3) is 17.2 Å². The number of carbonyl (C=O) groups is 2. The van der Waals surface area contributed by atoms with Crippen molar-refractivity contribution in [1.29, 1.82) is 0 Å². The van der Waals surface area contributed by atoms with E-state index < -0.39 is 5.97 Å². The molecule has 1 amide bonds. The van der Waals surface area contributed by atoms with E-state index in [1.807, 2.05) is 30.6 Å². The minimum atomic E-state index is -1.34. The molecule has 0 saturated carbocycles. The summed E-state index contributed by atoms with van der Waals surface area (Å²) in [5.74, 6) is -1.68. The first-order chi connectivity index (χ1) is 15.1. The zero-order valence-electron chi connectivity index (χ0n) is 16.3. The van der Waals surface area contributed by atoms with Crippen LogP contribution in [-0.2, 0) is 22.7 Å². The molecule has 1 fully saturated rings. The Morgan fingerprint density at radius 1 is 1.16 bits per heavy atom. The molecule has 1 saturated heterocycles. The Labute approximate surface area is 182 Å². The first-order valence-corrected chi connectivity index (χ1v) is 10.6. The molecule has 31 heavy (non-hydrogen) atoms. The van der Waals surface area contributed by atoms with E-state index in [2.05, 4.69) is 39.1 Å². The maximum Gasteiger partial charge on any atom is 0.258 e. The van der Waals surface area contributed by atoms with E-state index in [0.29, 0.717) is 17.8 Å². The molecule has 0 unspecified atom stereocenters. The molecule has 2 aromatic heterocycles. The average molecular weight is 431 g/mol. The minimum absolute atomic E-state index is 0.0869. The number of rotatable bonds is 6. The number of thioether (sulfide) groups is 1. The van der Waals surface area contributed by atoms with Crippen LogP contribution in [-0.4, -0.2) is 37.1 Å². The number of aliphatic carboxylic acids is 1. The minimum Gasteiger partial charge on any atom is -0.543 e. The Bertz CT molecular complexity index is 1220. The predicted octanol–water partition coefficient (Wildman–Crippen LogP) is 0.823. The van der Waals surface area contributed by atoms with Gasteiger partial charge < -0.3 is 9.90 Å². The fourth-order valence-electron chi connectivity index (χ4n) is 3.55. The summed E-state index contributed by atoms with van der Waals surface area (Å²) in [4.78, 5) is 24.5. The number of fused-ring (bicyclic) bond motifs is 1. The molecule has 1 atom stereocenters. The smallest absolute Gasteiger partial charge is 0.258 e. The van der Waals surface area contributed by atoms with E-state index in [1.165, 1.54) is 27.6 Å². The normalized spacial score (nSPS) is 18.6. The van der Waals surface area contributed by atoms with Gasteiger partial charge in [0.2, 0.25) is 0 Å². The molecule has 0 radical (unpaired) electrons. The number of aromatic nitrogens is 4. The lowest BCUT2D eigenvalue weighted by atomic mass is 10.0. The van der Waals surface area contributed by atoms with Crippen molar-refractivity contribution < 1.29 is 19.3 Å². The van der Waals surface area contributed by atoms with Gasteiger partial charge in [0.1, 0.15) is 17.6 Å². The lowest BCUT2D eigenvalue weighted by Gasteiger charge is -2.38. The first-order valence-electron chi connectivity index (χ1n) is 9.67. The van der Waals surface area contributed by atoms with Crippen LogP contribution in [0.15, 0.2) is 77.7 Å². The maximum absolute atomic E-state index is 12.3. The lowest BCUT2D eigenvalue weighted by molar-refractivity contribution is -0.698. The highest BCUT2D eigenvalue weighted by molar-refractivity contribution is 8.03. The lowest BCUT2D eigenvalue weighted by Crippen LogP contribution is -2.52. The molecule has 1 aromatic carbocycles. The molecule has 0 aliphatic carbocycles. The van der Waals surface area contributed by atoms with Crippen molar-refractivity contribution in [2.45, 2.75) is 18.5 Å².